The minimum Gasteiger partial charge on any atom is -0.467 e. The molecule has 1 aromatic heterocycles. The van der Waals surface area contributed by atoms with Crippen molar-refractivity contribution in [1.82, 2.24) is 15.0 Å². The SMILES string of the molecule is COc1nc(NCC(C)(C)CCCN)nc(OC)n1. The zero-order valence-corrected chi connectivity index (χ0v) is 12.1. The Morgan fingerprint density at radius 3 is 2.16 bits per heavy atom. The number of hydrogen-bond donors (Lipinski definition) is 2. The highest BCUT2D eigenvalue weighted by Crippen LogP contribution is 2.22. The van der Waals surface area contributed by atoms with E-state index in [2.05, 4.69) is 34.1 Å². The predicted octanol–water partition coefficient (Wildman–Crippen LogP) is 1.07. The van der Waals surface area contributed by atoms with Crippen molar-refractivity contribution in [3.8, 4) is 12.0 Å². The lowest BCUT2D eigenvalue weighted by Gasteiger charge is -2.24. The van der Waals surface area contributed by atoms with Crippen LogP contribution in [0.4, 0.5) is 5.95 Å². The van der Waals surface area contributed by atoms with E-state index in [-0.39, 0.29) is 17.4 Å². The molecule has 1 heterocycles. The van der Waals surface area contributed by atoms with E-state index in [1.807, 2.05) is 0 Å². The van der Waals surface area contributed by atoms with Gasteiger partial charge in [0.2, 0.25) is 5.95 Å². The van der Waals surface area contributed by atoms with Gasteiger partial charge in [-0.05, 0) is 24.8 Å². The van der Waals surface area contributed by atoms with Crippen LogP contribution in [0.2, 0.25) is 0 Å². The summed E-state index contributed by atoms with van der Waals surface area (Å²) < 4.78 is 9.99. The summed E-state index contributed by atoms with van der Waals surface area (Å²) in [5.74, 6) is 0.449. The second kappa shape index (κ2) is 7.08. The van der Waals surface area contributed by atoms with E-state index in [1.165, 1.54) is 14.2 Å². The maximum Gasteiger partial charge on any atom is 0.324 e. The molecule has 1 aromatic rings. The van der Waals surface area contributed by atoms with Gasteiger partial charge >= 0.3 is 12.0 Å². The van der Waals surface area contributed by atoms with Gasteiger partial charge in [-0.25, -0.2) is 0 Å². The van der Waals surface area contributed by atoms with Crippen molar-refractivity contribution in [2.45, 2.75) is 26.7 Å². The molecule has 19 heavy (non-hydrogen) atoms. The van der Waals surface area contributed by atoms with Crippen molar-refractivity contribution in [3.05, 3.63) is 0 Å². The van der Waals surface area contributed by atoms with Crippen LogP contribution >= 0.6 is 0 Å². The highest BCUT2D eigenvalue weighted by atomic mass is 16.5. The van der Waals surface area contributed by atoms with Crippen molar-refractivity contribution in [1.29, 1.82) is 0 Å². The van der Waals surface area contributed by atoms with Crippen LogP contribution in [0.15, 0.2) is 0 Å². The first-order valence-corrected chi connectivity index (χ1v) is 6.29. The fourth-order valence-electron chi connectivity index (χ4n) is 1.59. The van der Waals surface area contributed by atoms with Gasteiger partial charge in [-0.3, -0.25) is 0 Å². The van der Waals surface area contributed by atoms with Crippen LogP contribution < -0.4 is 20.5 Å². The van der Waals surface area contributed by atoms with Crippen LogP contribution in [0.3, 0.4) is 0 Å². The lowest BCUT2D eigenvalue weighted by Crippen LogP contribution is -2.25. The van der Waals surface area contributed by atoms with Crippen LogP contribution in [0, 0.1) is 5.41 Å². The van der Waals surface area contributed by atoms with Crippen molar-refractivity contribution in [3.63, 3.8) is 0 Å². The lowest BCUT2D eigenvalue weighted by atomic mass is 9.88. The Morgan fingerprint density at radius 2 is 1.68 bits per heavy atom. The van der Waals surface area contributed by atoms with Crippen LogP contribution in [0.5, 0.6) is 12.0 Å². The van der Waals surface area contributed by atoms with Crippen LogP contribution in [0.25, 0.3) is 0 Å². The van der Waals surface area contributed by atoms with E-state index in [1.54, 1.807) is 0 Å². The molecular formula is C12H23N5O2. The third-order valence-electron chi connectivity index (χ3n) is 2.74. The summed E-state index contributed by atoms with van der Waals surface area (Å²) in [7, 11) is 3.01. The molecule has 0 radical (unpaired) electrons. The number of nitrogens with zero attached hydrogens (tertiary/aromatic N) is 3. The van der Waals surface area contributed by atoms with Gasteiger partial charge in [0.15, 0.2) is 0 Å². The smallest absolute Gasteiger partial charge is 0.324 e. The van der Waals surface area contributed by atoms with Gasteiger partial charge < -0.3 is 20.5 Å². The number of anilines is 1. The van der Waals surface area contributed by atoms with E-state index in [0.29, 0.717) is 12.5 Å². The molecule has 1 rings (SSSR count). The maximum atomic E-state index is 5.53. The summed E-state index contributed by atoms with van der Waals surface area (Å²) >= 11 is 0. The number of hydrogen-bond acceptors (Lipinski definition) is 7. The number of nitrogens with two attached hydrogens (primary N) is 1. The quantitative estimate of drug-likeness (QED) is 0.728. The normalized spacial score (nSPS) is 11.2. The minimum atomic E-state index is 0.118. The number of ether oxygens (including phenoxy) is 2. The van der Waals surface area contributed by atoms with Crippen molar-refractivity contribution < 1.29 is 9.47 Å². The third-order valence-corrected chi connectivity index (χ3v) is 2.74. The van der Waals surface area contributed by atoms with Crippen molar-refractivity contribution in [2.75, 3.05) is 32.6 Å². The molecule has 3 N–H and O–H groups in total. The summed E-state index contributed by atoms with van der Waals surface area (Å²) in [6.45, 7) is 5.79. The molecule has 0 amide bonds. The number of aromatic nitrogens is 3. The Kier molecular flexibility index (Phi) is 5.75. The van der Waals surface area contributed by atoms with E-state index >= 15 is 0 Å². The highest BCUT2D eigenvalue weighted by Gasteiger charge is 2.18. The molecule has 0 atom stereocenters. The Labute approximate surface area is 113 Å². The molecule has 0 aliphatic carbocycles. The largest absolute Gasteiger partial charge is 0.467 e. The van der Waals surface area contributed by atoms with E-state index in [9.17, 15) is 0 Å². The molecule has 0 aromatic carbocycles. The monoisotopic (exact) mass is 269 g/mol. The Hall–Kier alpha value is -1.63. The van der Waals surface area contributed by atoms with E-state index in [0.717, 1.165) is 19.4 Å². The Balaban J connectivity index is 2.66. The summed E-state index contributed by atoms with van der Waals surface area (Å²) in [6, 6.07) is 0.461. The number of nitrogens with one attached hydrogen (secondary N) is 1. The standard InChI is InChI=1S/C12H23N5O2/c1-12(2,6-5-7-13)8-14-9-15-10(18-3)17-11(16-9)19-4/h5-8,13H2,1-4H3,(H,14,15,16,17). The summed E-state index contributed by atoms with van der Waals surface area (Å²) in [4.78, 5) is 12.2. The molecule has 0 aliphatic rings. The molecule has 0 saturated heterocycles. The first-order chi connectivity index (χ1) is 9.00. The van der Waals surface area contributed by atoms with Gasteiger partial charge in [-0.1, -0.05) is 13.8 Å². The molecule has 108 valence electrons. The molecule has 0 bridgehead atoms. The van der Waals surface area contributed by atoms with Gasteiger partial charge in [-0.15, -0.1) is 4.98 Å². The third kappa shape index (κ3) is 5.25. The van der Waals surface area contributed by atoms with E-state index in [4.69, 9.17) is 15.2 Å². The topological polar surface area (TPSA) is 95.2 Å². The number of methoxy groups -OCH3 is 2. The first kappa shape index (κ1) is 15.4. The average molecular weight is 269 g/mol. The van der Waals surface area contributed by atoms with Crippen LogP contribution in [0.1, 0.15) is 26.7 Å². The molecule has 0 unspecified atom stereocenters. The molecule has 0 spiro atoms. The predicted molar refractivity (Wildman–Crippen MR) is 73.5 cm³/mol. The average Bonchev–Trinajstić information content (AvgIpc) is 2.42. The number of rotatable bonds is 8. The summed E-state index contributed by atoms with van der Waals surface area (Å²) in [5, 5.41) is 3.18. The molecule has 0 aliphatic heterocycles. The molecule has 0 fully saturated rings. The molecule has 7 heteroatoms. The van der Waals surface area contributed by atoms with Gasteiger partial charge in [0, 0.05) is 6.54 Å². The second-order valence-electron chi connectivity index (χ2n) is 5.04. The first-order valence-electron chi connectivity index (χ1n) is 6.29. The molecule has 7 nitrogen and oxygen atoms in total. The van der Waals surface area contributed by atoms with Gasteiger partial charge in [0.1, 0.15) is 0 Å². The van der Waals surface area contributed by atoms with Crippen LogP contribution in [-0.2, 0) is 0 Å². The summed E-state index contributed by atoms with van der Waals surface area (Å²) in [5.41, 5.74) is 5.65. The lowest BCUT2D eigenvalue weighted by molar-refractivity contribution is 0.336. The molecule has 0 saturated carbocycles. The van der Waals surface area contributed by atoms with E-state index < -0.39 is 0 Å². The van der Waals surface area contributed by atoms with Gasteiger partial charge in [0.25, 0.3) is 0 Å². The van der Waals surface area contributed by atoms with Crippen molar-refractivity contribution >= 4 is 5.95 Å². The van der Waals surface area contributed by atoms with Crippen LogP contribution in [-0.4, -0.2) is 42.3 Å². The zero-order chi connectivity index (χ0) is 14.3. The van der Waals surface area contributed by atoms with Gasteiger partial charge in [-0.2, -0.15) is 9.97 Å². The van der Waals surface area contributed by atoms with Crippen molar-refractivity contribution in [2.24, 2.45) is 11.1 Å². The molecular weight excluding hydrogens is 246 g/mol. The summed E-state index contributed by atoms with van der Waals surface area (Å²) in [6.07, 6.45) is 2.04. The zero-order valence-electron chi connectivity index (χ0n) is 12.1. The Bertz CT molecular complexity index is 375. The fourth-order valence-corrected chi connectivity index (χ4v) is 1.59. The minimum absolute atomic E-state index is 0.118. The fraction of sp³-hybridized carbons (Fsp3) is 0.750. The van der Waals surface area contributed by atoms with Gasteiger partial charge in [0.05, 0.1) is 14.2 Å². The Morgan fingerprint density at radius 1 is 1.11 bits per heavy atom. The second-order valence-corrected chi connectivity index (χ2v) is 5.04. The highest BCUT2D eigenvalue weighted by molar-refractivity contribution is 5.27. The maximum absolute atomic E-state index is 5.53.